The maximum absolute atomic E-state index is 8.12. The molecule has 0 N–H and O–H groups in total. The van der Waals surface area contributed by atoms with Crippen LogP contribution in [0.5, 0.6) is 0 Å². The van der Waals surface area contributed by atoms with Crippen LogP contribution in [0.3, 0.4) is 0 Å². The van der Waals surface area contributed by atoms with Gasteiger partial charge < -0.3 is 0 Å². The molecule has 0 aliphatic heterocycles. The Morgan fingerprint density at radius 3 is 1.25 bits per heavy atom. The van der Waals surface area contributed by atoms with Crippen LogP contribution in [0.4, 0.5) is 0 Å². The van der Waals surface area contributed by atoms with Gasteiger partial charge in [0.05, 0.1) is 0 Å². The molecular weight excluding hydrogens is 367 g/mol. The number of hydrogen-bond donors (Lipinski definition) is 0. The average Bonchev–Trinajstić information content (AvgIpc) is 1.00. The predicted octanol–water partition coefficient (Wildman–Crippen LogP) is -1.69. The molecule has 0 bridgehead atoms. The van der Waals surface area contributed by atoms with E-state index in [0.717, 1.165) is 0 Å². The average molecular weight is 371 g/mol. The van der Waals surface area contributed by atoms with Crippen LogP contribution >= 0.6 is 0 Å². The van der Waals surface area contributed by atoms with Crippen LogP contribution in [0.25, 0.3) is 0 Å². The molecule has 0 saturated carbocycles. The maximum Gasteiger partial charge on any atom is 0 e. The summed E-state index contributed by atoms with van der Waals surface area (Å²) in [6.45, 7) is 0. The molecular formula is H3BiCuOSe. The van der Waals surface area contributed by atoms with Crippen molar-refractivity contribution in [2.75, 3.05) is 0 Å². The fourth-order valence-electron chi connectivity index (χ4n) is 0. The van der Waals surface area contributed by atoms with Crippen LogP contribution in [0.15, 0.2) is 0 Å². The summed E-state index contributed by atoms with van der Waals surface area (Å²) in [6, 6.07) is 0. The Morgan fingerprint density at radius 1 is 1.25 bits per heavy atom. The van der Waals surface area contributed by atoms with Crippen molar-refractivity contribution in [3.8, 4) is 0 Å². The monoisotopic (exact) mass is 371 g/mol. The van der Waals surface area contributed by atoms with Crippen LogP contribution in [0, 0.1) is 0 Å². The molecule has 0 amide bonds. The third-order valence-corrected chi connectivity index (χ3v) is 0. The number of rotatable bonds is 0. The van der Waals surface area contributed by atoms with E-state index in [1.807, 2.05) is 0 Å². The number of hydrogen-bond acceptors (Lipinski definition) is 1. The third kappa shape index (κ3) is 9.30. The first-order chi connectivity index (χ1) is 1.00. The molecule has 0 atom stereocenters. The van der Waals surface area contributed by atoms with Crippen molar-refractivity contribution in [1.29, 1.82) is 0 Å². The van der Waals surface area contributed by atoms with Crippen molar-refractivity contribution < 1.29 is 20.9 Å². The summed E-state index contributed by atoms with van der Waals surface area (Å²) in [5.74, 6) is 0. The zero-order valence-electron chi connectivity index (χ0n) is 1.83. The standard InChI is InChI=1S/Bi.Cu.OSe.3H/c;;1-2;;;. The first-order valence-corrected chi connectivity index (χ1v) is 0.866. The second kappa shape index (κ2) is 22.1. The molecule has 0 heterocycles. The minimum Gasteiger partial charge on any atom is 0 e. The van der Waals surface area contributed by atoms with E-state index in [9.17, 15) is 0 Å². The van der Waals surface area contributed by atoms with Crippen molar-refractivity contribution in [1.82, 2.24) is 0 Å². The quantitative estimate of drug-likeness (QED) is 0.466. The first-order valence-electron chi connectivity index (χ1n) is 0.167. The third-order valence-electron chi connectivity index (χ3n) is 0. The molecule has 0 aromatic rings. The summed E-state index contributed by atoms with van der Waals surface area (Å²) in [5, 5.41) is 0. The van der Waals surface area contributed by atoms with Gasteiger partial charge in [-0.15, -0.1) is 0 Å². The predicted molar refractivity (Wildman–Crippen MR) is 16.4 cm³/mol. The van der Waals surface area contributed by atoms with E-state index in [4.69, 9.17) is 3.83 Å². The van der Waals surface area contributed by atoms with Gasteiger partial charge in [-0.2, -0.15) is 0 Å². The molecule has 1 nitrogen and oxygen atoms in total. The summed E-state index contributed by atoms with van der Waals surface area (Å²) in [4.78, 5) is 0. The van der Waals surface area contributed by atoms with Crippen molar-refractivity contribution in [2.45, 2.75) is 0 Å². The van der Waals surface area contributed by atoms with Crippen LogP contribution in [-0.2, 0) is 20.9 Å². The second-order valence-corrected chi connectivity index (χ2v) is 0. The molecule has 0 unspecified atom stereocenters. The summed E-state index contributed by atoms with van der Waals surface area (Å²) in [5.41, 5.74) is 0. The molecule has 0 aromatic carbocycles. The van der Waals surface area contributed by atoms with Crippen molar-refractivity contribution in [2.24, 2.45) is 0 Å². The minimum absolute atomic E-state index is 0. The largest absolute Gasteiger partial charge is 0 e. The Labute approximate surface area is 62.5 Å². The van der Waals surface area contributed by atoms with Crippen molar-refractivity contribution in [3.05, 3.63) is 0 Å². The molecule has 0 aliphatic carbocycles. The molecule has 4 heteroatoms. The fraction of sp³-hybridized carbons (Fsp3) is 0. The van der Waals surface area contributed by atoms with E-state index < -0.39 is 0 Å². The topological polar surface area (TPSA) is 17.1 Å². The van der Waals surface area contributed by atoms with Crippen LogP contribution < -0.4 is 0 Å². The van der Waals surface area contributed by atoms with Crippen LogP contribution in [-0.4, -0.2) is 42.1 Å². The molecule has 0 fully saturated rings. The molecule has 0 saturated heterocycles. The van der Waals surface area contributed by atoms with E-state index in [1.165, 1.54) is 15.9 Å². The van der Waals surface area contributed by atoms with Gasteiger partial charge in [-0.05, 0) is 0 Å². The molecule has 31 valence electrons. The van der Waals surface area contributed by atoms with Gasteiger partial charge in [0.1, 0.15) is 0 Å². The zero-order valence-corrected chi connectivity index (χ0v) is 9.98. The normalized spacial score (nSPS) is 1.00. The van der Waals surface area contributed by atoms with Gasteiger partial charge in [-0.1, -0.05) is 0 Å². The van der Waals surface area contributed by atoms with Gasteiger partial charge in [-0.3, -0.25) is 0 Å². The second-order valence-electron chi connectivity index (χ2n) is 0. The van der Waals surface area contributed by atoms with E-state index in [1.54, 1.807) is 0 Å². The van der Waals surface area contributed by atoms with E-state index >= 15 is 0 Å². The molecule has 1 radical (unpaired) electrons. The summed E-state index contributed by atoms with van der Waals surface area (Å²) in [7, 11) is 0. The van der Waals surface area contributed by atoms with Gasteiger partial charge >= 0.3 is 46.0 Å². The van der Waals surface area contributed by atoms with E-state index in [0.29, 0.717) is 0 Å². The summed E-state index contributed by atoms with van der Waals surface area (Å²) >= 11 is 1.38. The SMILES string of the molecule is O=[Se].[BiH3].[Cu]. The maximum atomic E-state index is 8.12. The zero-order chi connectivity index (χ0) is 2.00. The molecule has 0 spiro atoms. The first kappa shape index (κ1) is 17.2. The van der Waals surface area contributed by atoms with Gasteiger partial charge in [-0.25, -0.2) is 0 Å². The van der Waals surface area contributed by atoms with Gasteiger partial charge in [0.25, 0.3) is 0 Å². The molecule has 4 heavy (non-hydrogen) atoms. The Morgan fingerprint density at radius 2 is 1.25 bits per heavy atom. The Hall–Kier alpha value is 1.72. The van der Waals surface area contributed by atoms with Crippen molar-refractivity contribution in [3.63, 3.8) is 0 Å². The fourth-order valence-corrected chi connectivity index (χ4v) is 0. The van der Waals surface area contributed by atoms with Gasteiger partial charge in [0.15, 0.2) is 0 Å². The van der Waals surface area contributed by atoms with Crippen LogP contribution in [0.1, 0.15) is 0 Å². The summed E-state index contributed by atoms with van der Waals surface area (Å²) in [6.07, 6.45) is 0. The summed E-state index contributed by atoms with van der Waals surface area (Å²) < 4.78 is 8.12. The molecule has 0 aliphatic rings. The molecule has 0 aromatic heterocycles. The molecule has 0 rings (SSSR count). The van der Waals surface area contributed by atoms with Crippen LogP contribution in [0.2, 0.25) is 0 Å². The Balaban J connectivity index is -0.00000000500. The van der Waals surface area contributed by atoms with Gasteiger partial charge in [0.2, 0.25) is 0 Å². The minimum atomic E-state index is 0. The van der Waals surface area contributed by atoms with Crippen molar-refractivity contribution >= 4 is 42.1 Å². The Kier molecular flexibility index (Phi) is 95.0. The van der Waals surface area contributed by atoms with E-state index in [-0.39, 0.29) is 43.3 Å². The van der Waals surface area contributed by atoms with E-state index in [2.05, 4.69) is 0 Å². The smallest absolute Gasteiger partial charge is 0 e. The Bertz CT molecular complexity index is 8.00. The van der Waals surface area contributed by atoms with Gasteiger partial charge in [0, 0.05) is 17.1 Å².